The zero-order valence-electron chi connectivity index (χ0n) is 14.8. The summed E-state index contributed by atoms with van der Waals surface area (Å²) >= 11 is 0. The highest BCUT2D eigenvalue weighted by Crippen LogP contribution is 2.29. The molecule has 0 aromatic heterocycles. The van der Waals surface area contributed by atoms with Gasteiger partial charge >= 0.3 is 0 Å². The minimum Gasteiger partial charge on any atom is -0.299 e. The lowest BCUT2D eigenvalue weighted by molar-refractivity contribution is 0.204. The van der Waals surface area contributed by atoms with Crippen molar-refractivity contribution in [2.45, 2.75) is 51.5 Å². The van der Waals surface area contributed by atoms with Gasteiger partial charge in [0, 0.05) is 6.54 Å². The molecule has 0 spiro atoms. The second kappa shape index (κ2) is 6.88. The van der Waals surface area contributed by atoms with E-state index in [1.54, 1.807) is 0 Å². The molecule has 0 amide bonds. The molecule has 1 nitrogen and oxygen atoms in total. The Labute approximate surface area is 141 Å². The fourth-order valence-corrected chi connectivity index (χ4v) is 3.54. The van der Waals surface area contributed by atoms with Gasteiger partial charge in [-0.05, 0) is 54.0 Å². The standard InChI is InChI=1S/C22H29N/c1-22(2,3)21-11-7-8-18(16-21)17-23-14-12-20(13-15-23)19-9-5-4-6-10-19/h4-11,16,20H,12-15,17H2,1-3H3. The van der Waals surface area contributed by atoms with Crippen molar-refractivity contribution in [3.05, 3.63) is 71.3 Å². The molecule has 0 aliphatic carbocycles. The van der Waals surface area contributed by atoms with Crippen LogP contribution >= 0.6 is 0 Å². The predicted octanol–water partition coefficient (Wildman–Crippen LogP) is 5.36. The van der Waals surface area contributed by atoms with Crippen molar-refractivity contribution in [2.24, 2.45) is 0 Å². The van der Waals surface area contributed by atoms with Crippen molar-refractivity contribution >= 4 is 0 Å². The van der Waals surface area contributed by atoms with E-state index in [1.807, 2.05) is 0 Å². The zero-order valence-corrected chi connectivity index (χ0v) is 14.8. The summed E-state index contributed by atoms with van der Waals surface area (Å²) in [5, 5.41) is 0. The van der Waals surface area contributed by atoms with Crippen molar-refractivity contribution in [1.82, 2.24) is 4.90 Å². The van der Waals surface area contributed by atoms with Gasteiger partial charge in [0.15, 0.2) is 0 Å². The van der Waals surface area contributed by atoms with E-state index in [1.165, 1.54) is 42.6 Å². The molecule has 23 heavy (non-hydrogen) atoms. The number of likely N-dealkylation sites (tertiary alicyclic amines) is 1. The maximum absolute atomic E-state index is 2.61. The summed E-state index contributed by atoms with van der Waals surface area (Å²) in [7, 11) is 0. The predicted molar refractivity (Wildman–Crippen MR) is 98.8 cm³/mol. The number of hydrogen-bond acceptors (Lipinski definition) is 1. The van der Waals surface area contributed by atoms with Crippen LogP contribution in [-0.4, -0.2) is 18.0 Å². The first-order valence-corrected chi connectivity index (χ1v) is 8.89. The molecule has 0 atom stereocenters. The molecule has 0 N–H and O–H groups in total. The summed E-state index contributed by atoms with van der Waals surface area (Å²) in [4.78, 5) is 2.61. The highest BCUT2D eigenvalue weighted by atomic mass is 15.1. The third kappa shape index (κ3) is 4.23. The van der Waals surface area contributed by atoms with Gasteiger partial charge in [-0.3, -0.25) is 4.90 Å². The molecular formula is C22H29N. The summed E-state index contributed by atoms with van der Waals surface area (Å²) < 4.78 is 0. The van der Waals surface area contributed by atoms with Crippen LogP contribution in [0.25, 0.3) is 0 Å². The van der Waals surface area contributed by atoms with Crippen LogP contribution in [0.4, 0.5) is 0 Å². The minimum absolute atomic E-state index is 0.232. The van der Waals surface area contributed by atoms with Crippen LogP contribution in [-0.2, 0) is 12.0 Å². The number of rotatable bonds is 3. The monoisotopic (exact) mass is 307 g/mol. The van der Waals surface area contributed by atoms with Crippen molar-refractivity contribution in [2.75, 3.05) is 13.1 Å². The van der Waals surface area contributed by atoms with Crippen molar-refractivity contribution in [3.8, 4) is 0 Å². The molecule has 0 bridgehead atoms. The highest BCUT2D eigenvalue weighted by molar-refractivity contribution is 5.28. The SMILES string of the molecule is CC(C)(C)c1cccc(CN2CCC(c3ccccc3)CC2)c1. The lowest BCUT2D eigenvalue weighted by atomic mass is 9.86. The Kier molecular flexibility index (Phi) is 4.87. The van der Waals surface area contributed by atoms with E-state index in [0.29, 0.717) is 0 Å². The van der Waals surface area contributed by atoms with Gasteiger partial charge in [0.1, 0.15) is 0 Å². The molecule has 1 saturated heterocycles. The van der Waals surface area contributed by atoms with E-state index in [-0.39, 0.29) is 5.41 Å². The second-order valence-electron chi connectivity index (χ2n) is 7.91. The first kappa shape index (κ1) is 16.3. The molecule has 2 aromatic carbocycles. The summed E-state index contributed by atoms with van der Waals surface area (Å²) in [5.41, 5.74) is 4.64. The Morgan fingerprint density at radius 2 is 1.61 bits per heavy atom. The van der Waals surface area contributed by atoms with Crippen molar-refractivity contribution in [3.63, 3.8) is 0 Å². The Bertz CT molecular complexity index is 616. The molecular weight excluding hydrogens is 278 g/mol. The molecule has 0 saturated carbocycles. The van der Waals surface area contributed by atoms with E-state index in [2.05, 4.69) is 80.3 Å². The Morgan fingerprint density at radius 1 is 0.913 bits per heavy atom. The van der Waals surface area contributed by atoms with Gasteiger partial charge in [0.05, 0.1) is 0 Å². The third-order valence-electron chi connectivity index (χ3n) is 5.06. The van der Waals surface area contributed by atoms with Crippen LogP contribution < -0.4 is 0 Å². The number of piperidine rings is 1. The fraction of sp³-hybridized carbons (Fsp3) is 0.455. The van der Waals surface area contributed by atoms with Crippen LogP contribution in [0.5, 0.6) is 0 Å². The third-order valence-corrected chi connectivity index (χ3v) is 5.06. The van der Waals surface area contributed by atoms with Crippen LogP contribution in [0.1, 0.15) is 56.2 Å². The maximum atomic E-state index is 2.61. The van der Waals surface area contributed by atoms with E-state index in [9.17, 15) is 0 Å². The summed E-state index contributed by atoms with van der Waals surface area (Å²) in [6.45, 7) is 10.4. The second-order valence-corrected chi connectivity index (χ2v) is 7.91. The van der Waals surface area contributed by atoms with E-state index >= 15 is 0 Å². The topological polar surface area (TPSA) is 3.24 Å². The molecule has 1 heteroatoms. The summed E-state index contributed by atoms with van der Waals surface area (Å²) in [6.07, 6.45) is 2.56. The minimum atomic E-state index is 0.232. The van der Waals surface area contributed by atoms with Gasteiger partial charge in [-0.2, -0.15) is 0 Å². The summed E-state index contributed by atoms with van der Waals surface area (Å²) in [6, 6.07) is 20.2. The Balaban J connectivity index is 1.59. The molecule has 1 aliphatic rings. The maximum Gasteiger partial charge on any atom is 0.0233 e. The highest BCUT2D eigenvalue weighted by Gasteiger charge is 2.21. The molecule has 122 valence electrons. The number of benzene rings is 2. The Hall–Kier alpha value is -1.60. The average Bonchev–Trinajstić information content (AvgIpc) is 2.56. The van der Waals surface area contributed by atoms with Crippen LogP contribution in [0, 0.1) is 0 Å². The molecule has 1 fully saturated rings. The van der Waals surface area contributed by atoms with Gasteiger partial charge in [-0.1, -0.05) is 75.4 Å². The van der Waals surface area contributed by atoms with E-state index in [4.69, 9.17) is 0 Å². The largest absolute Gasteiger partial charge is 0.299 e. The normalized spacial score (nSPS) is 17.3. The van der Waals surface area contributed by atoms with Gasteiger partial charge in [0.25, 0.3) is 0 Å². The zero-order chi connectivity index (χ0) is 16.3. The first-order chi connectivity index (χ1) is 11.0. The average molecular weight is 307 g/mol. The smallest absolute Gasteiger partial charge is 0.0233 e. The molecule has 0 radical (unpaired) electrons. The number of nitrogens with zero attached hydrogens (tertiary/aromatic N) is 1. The van der Waals surface area contributed by atoms with Gasteiger partial charge in [-0.15, -0.1) is 0 Å². The van der Waals surface area contributed by atoms with Gasteiger partial charge in [0.2, 0.25) is 0 Å². The van der Waals surface area contributed by atoms with Gasteiger partial charge < -0.3 is 0 Å². The van der Waals surface area contributed by atoms with Crippen molar-refractivity contribution < 1.29 is 0 Å². The molecule has 1 aliphatic heterocycles. The van der Waals surface area contributed by atoms with Crippen LogP contribution in [0.3, 0.4) is 0 Å². The Morgan fingerprint density at radius 3 is 2.26 bits per heavy atom. The van der Waals surface area contributed by atoms with Crippen molar-refractivity contribution in [1.29, 1.82) is 0 Å². The first-order valence-electron chi connectivity index (χ1n) is 8.89. The lowest BCUT2D eigenvalue weighted by Crippen LogP contribution is -2.32. The molecule has 0 unspecified atom stereocenters. The number of hydrogen-bond donors (Lipinski definition) is 0. The van der Waals surface area contributed by atoms with E-state index in [0.717, 1.165) is 12.5 Å². The van der Waals surface area contributed by atoms with Gasteiger partial charge in [-0.25, -0.2) is 0 Å². The molecule has 3 rings (SSSR count). The molecule has 1 heterocycles. The van der Waals surface area contributed by atoms with Crippen LogP contribution in [0.15, 0.2) is 54.6 Å². The lowest BCUT2D eigenvalue weighted by Gasteiger charge is -2.32. The fourth-order valence-electron chi connectivity index (χ4n) is 3.54. The van der Waals surface area contributed by atoms with Crippen LogP contribution in [0.2, 0.25) is 0 Å². The van der Waals surface area contributed by atoms with E-state index < -0.39 is 0 Å². The quantitative estimate of drug-likeness (QED) is 0.737. The summed E-state index contributed by atoms with van der Waals surface area (Å²) in [5.74, 6) is 0.744. The molecule has 2 aromatic rings.